The van der Waals surface area contributed by atoms with E-state index in [1.165, 1.54) is 16.8 Å². The van der Waals surface area contributed by atoms with Crippen molar-refractivity contribution in [2.45, 2.75) is 51.2 Å². The fraction of sp³-hybridized carbons (Fsp3) is 0.381. The number of hydrogen-bond acceptors (Lipinski definition) is 5. The topological polar surface area (TPSA) is 119 Å². The summed E-state index contributed by atoms with van der Waals surface area (Å²) in [6, 6.07) is 8.64. The predicted molar refractivity (Wildman–Crippen MR) is 111 cm³/mol. The van der Waals surface area contributed by atoms with Crippen LogP contribution in [0.15, 0.2) is 50.9 Å². The first kappa shape index (κ1) is 19.8. The molecule has 3 aromatic rings. The number of H-pyrrole nitrogens is 1. The molecule has 1 amide bonds. The fourth-order valence-corrected chi connectivity index (χ4v) is 3.91. The highest BCUT2D eigenvalue weighted by molar-refractivity contribution is 5.84. The number of benzene rings is 1. The van der Waals surface area contributed by atoms with E-state index in [9.17, 15) is 19.2 Å². The normalized spacial score (nSPS) is 14.3. The van der Waals surface area contributed by atoms with Gasteiger partial charge in [-0.25, -0.2) is 9.48 Å². The third-order valence-electron chi connectivity index (χ3n) is 5.51. The van der Waals surface area contributed by atoms with Gasteiger partial charge in [-0.05, 0) is 18.9 Å². The molecule has 0 aliphatic heterocycles. The van der Waals surface area contributed by atoms with Crippen LogP contribution < -0.4 is 22.1 Å². The molecule has 1 aromatic carbocycles. The Bertz CT molecular complexity index is 1250. The minimum atomic E-state index is -0.549. The number of carbonyl (C=O) groups excluding carboxylic acids is 1. The number of aryl methyl sites for hydroxylation is 1. The van der Waals surface area contributed by atoms with Gasteiger partial charge in [0.15, 0.2) is 0 Å². The first-order chi connectivity index (χ1) is 14.5. The second-order valence-corrected chi connectivity index (χ2v) is 7.51. The molecule has 0 atom stereocenters. The van der Waals surface area contributed by atoms with Gasteiger partial charge in [0.2, 0.25) is 5.91 Å². The van der Waals surface area contributed by atoms with Crippen molar-refractivity contribution in [3.63, 3.8) is 0 Å². The molecule has 2 aromatic heterocycles. The van der Waals surface area contributed by atoms with E-state index in [0.717, 1.165) is 31.1 Å². The van der Waals surface area contributed by atoms with Crippen LogP contribution in [0, 0.1) is 0 Å². The Morgan fingerprint density at radius 3 is 2.57 bits per heavy atom. The van der Waals surface area contributed by atoms with Crippen LogP contribution in [-0.2, 0) is 17.9 Å². The van der Waals surface area contributed by atoms with Crippen molar-refractivity contribution in [3.05, 3.63) is 73.4 Å². The van der Waals surface area contributed by atoms with E-state index in [2.05, 4.69) is 15.4 Å². The van der Waals surface area contributed by atoms with Crippen LogP contribution in [0.4, 0.5) is 0 Å². The standard InChI is InChI=1S/C21H23N5O4/c27-18(9-11-25-12-10-19(28)23-21(25)30)22-13-17-15-7-3-4-8-16(15)20(29)26(24-17)14-5-1-2-6-14/h3-4,7-8,10,12,14H,1-2,5-6,9,11,13H2,(H,22,27)(H,23,28,30). The molecule has 0 bridgehead atoms. The van der Waals surface area contributed by atoms with Gasteiger partial charge in [0.05, 0.1) is 23.7 Å². The number of aromatic nitrogens is 4. The molecule has 1 fully saturated rings. The van der Waals surface area contributed by atoms with Crippen LogP contribution in [0.25, 0.3) is 10.8 Å². The second kappa shape index (κ2) is 8.48. The van der Waals surface area contributed by atoms with Crippen LogP contribution in [-0.4, -0.2) is 25.2 Å². The molecule has 0 unspecified atom stereocenters. The van der Waals surface area contributed by atoms with Crippen molar-refractivity contribution in [1.29, 1.82) is 0 Å². The maximum Gasteiger partial charge on any atom is 0.328 e. The Morgan fingerprint density at radius 2 is 1.83 bits per heavy atom. The number of amides is 1. The molecule has 0 radical (unpaired) electrons. The lowest BCUT2D eigenvalue weighted by atomic mass is 10.1. The Labute approximate surface area is 171 Å². The molecule has 30 heavy (non-hydrogen) atoms. The largest absolute Gasteiger partial charge is 0.350 e. The molecule has 9 heteroatoms. The zero-order valence-electron chi connectivity index (χ0n) is 16.5. The summed E-state index contributed by atoms with van der Waals surface area (Å²) in [5, 5.41) is 8.75. The number of rotatable bonds is 6. The number of aromatic amines is 1. The summed E-state index contributed by atoms with van der Waals surface area (Å²) in [7, 11) is 0. The van der Waals surface area contributed by atoms with Crippen LogP contribution in [0.1, 0.15) is 43.8 Å². The molecule has 2 heterocycles. The summed E-state index contributed by atoms with van der Waals surface area (Å²) in [4.78, 5) is 50.2. The summed E-state index contributed by atoms with van der Waals surface area (Å²) in [6.07, 6.45) is 5.48. The van der Waals surface area contributed by atoms with E-state index in [-0.39, 0.29) is 37.0 Å². The summed E-state index contributed by atoms with van der Waals surface area (Å²) in [6.45, 7) is 0.337. The molecule has 0 spiro atoms. The monoisotopic (exact) mass is 409 g/mol. The number of nitrogens with zero attached hydrogens (tertiary/aromatic N) is 3. The smallest absolute Gasteiger partial charge is 0.328 e. The molecule has 1 aliphatic carbocycles. The van der Waals surface area contributed by atoms with Gasteiger partial charge in [-0.3, -0.25) is 19.4 Å². The quantitative estimate of drug-likeness (QED) is 0.631. The van der Waals surface area contributed by atoms with Gasteiger partial charge in [0, 0.05) is 30.6 Å². The van der Waals surface area contributed by atoms with E-state index in [1.807, 2.05) is 18.2 Å². The molecular formula is C21H23N5O4. The van der Waals surface area contributed by atoms with Crippen molar-refractivity contribution in [3.8, 4) is 0 Å². The van der Waals surface area contributed by atoms with E-state index in [0.29, 0.717) is 11.1 Å². The number of hydrogen-bond donors (Lipinski definition) is 2. The Hall–Kier alpha value is -3.49. The van der Waals surface area contributed by atoms with Gasteiger partial charge in [0.1, 0.15) is 0 Å². The summed E-state index contributed by atoms with van der Waals surface area (Å²) in [5.41, 5.74) is -0.473. The van der Waals surface area contributed by atoms with Crippen molar-refractivity contribution in [2.24, 2.45) is 0 Å². The van der Waals surface area contributed by atoms with Gasteiger partial charge in [-0.1, -0.05) is 31.0 Å². The van der Waals surface area contributed by atoms with E-state index >= 15 is 0 Å². The minimum absolute atomic E-state index is 0.0755. The third kappa shape index (κ3) is 4.10. The lowest BCUT2D eigenvalue weighted by molar-refractivity contribution is -0.121. The van der Waals surface area contributed by atoms with E-state index in [4.69, 9.17) is 0 Å². The van der Waals surface area contributed by atoms with Crippen molar-refractivity contribution >= 4 is 16.7 Å². The lowest BCUT2D eigenvalue weighted by Gasteiger charge is -2.16. The summed E-state index contributed by atoms with van der Waals surface area (Å²) in [5.74, 6) is -0.252. The average molecular weight is 409 g/mol. The second-order valence-electron chi connectivity index (χ2n) is 7.51. The van der Waals surface area contributed by atoms with Crippen LogP contribution in [0.5, 0.6) is 0 Å². The molecule has 0 saturated heterocycles. The summed E-state index contributed by atoms with van der Waals surface area (Å²) >= 11 is 0. The van der Waals surface area contributed by atoms with Gasteiger partial charge < -0.3 is 9.88 Å². The Balaban J connectivity index is 1.51. The number of carbonyl (C=O) groups is 1. The van der Waals surface area contributed by atoms with Crippen LogP contribution in [0.2, 0.25) is 0 Å². The molecule has 1 aliphatic rings. The molecule has 1 saturated carbocycles. The molecular weight excluding hydrogens is 386 g/mol. The third-order valence-corrected chi connectivity index (χ3v) is 5.51. The first-order valence-electron chi connectivity index (χ1n) is 10.1. The van der Waals surface area contributed by atoms with Gasteiger partial charge in [-0.15, -0.1) is 0 Å². The number of nitrogens with one attached hydrogen (secondary N) is 2. The van der Waals surface area contributed by atoms with Crippen LogP contribution in [0.3, 0.4) is 0 Å². The zero-order chi connectivity index (χ0) is 21.1. The Kier molecular flexibility index (Phi) is 5.60. The molecule has 156 valence electrons. The lowest BCUT2D eigenvalue weighted by Crippen LogP contribution is -2.32. The Morgan fingerprint density at radius 1 is 1.10 bits per heavy atom. The highest BCUT2D eigenvalue weighted by Gasteiger charge is 2.21. The zero-order valence-corrected chi connectivity index (χ0v) is 16.5. The van der Waals surface area contributed by atoms with Crippen LogP contribution >= 0.6 is 0 Å². The molecule has 2 N–H and O–H groups in total. The summed E-state index contributed by atoms with van der Waals surface area (Å²) < 4.78 is 2.85. The highest BCUT2D eigenvalue weighted by atomic mass is 16.2. The van der Waals surface area contributed by atoms with E-state index in [1.54, 1.807) is 10.7 Å². The van der Waals surface area contributed by atoms with E-state index < -0.39 is 11.2 Å². The van der Waals surface area contributed by atoms with Gasteiger partial charge in [-0.2, -0.15) is 5.10 Å². The van der Waals surface area contributed by atoms with Gasteiger partial charge in [0.25, 0.3) is 11.1 Å². The van der Waals surface area contributed by atoms with Crippen molar-refractivity contribution in [2.75, 3.05) is 0 Å². The average Bonchev–Trinajstić information content (AvgIpc) is 3.27. The minimum Gasteiger partial charge on any atom is -0.350 e. The first-order valence-corrected chi connectivity index (χ1v) is 10.1. The van der Waals surface area contributed by atoms with Crippen molar-refractivity contribution < 1.29 is 4.79 Å². The highest BCUT2D eigenvalue weighted by Crippen LogP contribution is 2.28. The molecule has 9 nitrogen and oxygen atoms in total. The SMILES string of the molecule is O=C(CCn1ccc(=O)[nH]c1=O)NCc1nn(C2CCCC2)c(=O)c2ccccc12. The maximum atomic E-state index is 12.9. The van der Waals surface area contributed by atoms with Crippen molar-refractivity contribution in [1.82, 2.24) is 24.6 Å². The predicted octanol–water partition coefficient (Wildman–Crippen LogP) is 1.07. The molecule has 4 rings (SSSR count). The maximum absolute atomic E-state index is 12.9. The van der Waals surface area contributed by atoms with Gasteiger partial charge >= 0.3 is 5.69 Å². The fourth-order valence-electron chi connectivity index (χ4n) is 3.91. The number of fused-ring (bicyclic) bond motifs is 1.